The Bertz CT molecular complexity index is 400. The molecule has 0 bridgehead atoms. The van der Waals surface area contributed by atoms with E-state index in [9.17, 15) is 0 Å². The molecular formula is C10H11BrN2OS. The van der Waals surface area contributed by atoms with Crippen LogP contribution >= 0.6 is 27.3 Å². The van der Waals surface area contributed by atoms with Gasteiger partial charge >= 0.3 is 0 Å². The van der Waals surface area contributed by atoms with Crippen LogP contribution in [-0.2, 0) is 4.74 Å². The van der Waals surface area contributed by atoms with E-state index in [2.05, 4.69) is 32.3 Å². The van der Waals surface area contributed by atoms with Gasteiger partial charge in [0.15, 0.2) is 5.13 Å². The Labute approximate surface area is 101 Å². The summed E-state index contributed by atoms with van der Waals surface area (Å²) < 4.78 is 6.39. The first kappa shape index (κ1) is 10.9. The van der Waals surface area contributed by atoms with Gasteiger partial charge in [0.1, 0.15) is 6.10 Å². The van der Waals surface area contributed by atoms with Gasteiger partial charge in [-0.3, -0.25) is 0 Å². The smallest absolute Gasteiger partial charge is 0.188 e. The zero-order chi connectivity index (χ0) is 10.7. The van der Waals surface area contributed by atoms with Gasteiger partial charge in [-0.05, 0) is 28.4 Å². The van der Waals surface area contributed by atoms with Gasteiger partial charge in [0.25, 0.3) is 0 Å². The first-order chi connectivity index (χ1) is 7.29. The fraction of sp³-hybridized carbons (Fsp3) is 0.300. The SMILES string of the molecule is COC1CC=CC=C1Nc1ncc(Br)s1. The highest BCUT2D eigenvalue weighted by Gasteiger charge is 2.15. The van der Waals surface area contributed by atoms with E-state index >= 15 is 0 Å². The van der Waals surface area contributed by atoms with Gasteiger partial charge in [-0.25, -0.2) is 4.98 Å². The molecule has 0 radical (unpaired) electrons. The maximum Gasteiger partial charge on any atom is 0.188 e. The van der Waals surface area contributed by atoms with Crippen molar-refractivity contribution in [2.45, 2.75) is 12.5 Å². The minimum atomic E-state index is 0.109. The molecule has 15 heavy (non-hydrogen) atoms. The molecule has 1 aromatic rings. The number of nitrogens with zero attached hydrogens (tertiary/aromatic N) is 1. The molecule has 1 N–H and O–H groups in total. The molecule has 1 aliphatic rings. The summed E-state index contributed by atoms with van der Waals surface area (Å²) in [5.41, 5.74) is 1.06. The number of methoxy groups -OCH3 is 1. The number of nitrogens with one attached hydrogen (secondary N) is 1. The van der Waals surface area contributed by atoms with Crippen LogP contribution in [-0.4, -0.2) is 18.2 Å². The van der Waals surface area contributed by atoms with Crippen molar-refractivity contribution in [2.75, 3.05) is 12.4 Å². The Balaban J connectivity index is 2.10. The molecule has 0 saturated carbocycles. The lowest BCUT2D eigenvalue weighted by atomic mass is 10.1. The Hall–Kier alpha value is -0.650. The Morgan fingerprint density at radius 1 is 1.67 bits per heavy atom. The molecule has 1 atom stereocenters. The number of aromatic nitrogens is 1. The average Bonchev–Trinajstić information content (AvgIpc) is 2.65. The highest BCUT2D eigenvalue weighted by molar-refractivity contribution is 9.11. The lowest BCUT2D eigenvalue weighted by Crippen LogP contribution is -2.20. The number of halogens is 1. The van der Waals surface area contributed by atoms with Crippen molar-refractivity contribution in [2.24, 2.45) is 0 Å². The molecule has 0 amide bonds. The zero-order valence-corrected chi connectivity index (χ0v) is 10.6. The molecular weight excluding hydrogens is 276 g/mol. The Morgan fingerprint density at radius 3 is 3.20 bits per heavy atom. The molecule has 2 rings (SSSR count). The first-order valence-corrected chi connectivity index (χ1v) is 6.18. The first-order valence-electron chi connectivity index (χ1n) is 4.57. The largest absolute Gasteiger partial charge is 0.375 e. The maximum absolute atomic E-state index is 5.37. The summed E-state index contributed by atoms with van der Waals surface area (Å²) in [6, 6.07) is 0. The zero-order valence-electron chi connectivity index (χ0n) is 8.24. The molecule has 1 aromatic heterocycles. The second-order valence-corrected chi connectivity index (χ2v) is 5.51. The van der Waals surface area contributed by atoms with Crippen LogP contribution in [0.2, 0.25) is 0 Å². The topological polar surface area (TPSA) is 34.1 Å². The van der Waals surface area contributed by atoms with Crippen LogP contribution in [0.4, 0.5) is 5.13 Å². The summed E-state index contributed by atoms with van der Waals surface area (Å²) in [5.74, 6) is 0. The number of ether oxygens (including phenoxy) is 1. The van der Waals surface area contributed by atoms with Gasteiger partial charge < -0.3 is 10.1 Å². The van der Waals surface area contributed by atoms with E-state index in [0.717, 1.165) is 21.0 Å². The van der Waals surface area contributed by atoms with Crippen LogP contribution in [0.15, 0.2) is 33.9 Å². The lowest BCUT2D eigenvalue weighted by Gasteiger charge is -2.20. The molecule has 0 aromatic carbocycles. The van der Waals surface area contributed by atoms with Crippen molar-refractivity contribution in [3.63, 3.8) is 0 Å². The van der Waals surface area contributed by atoms with E-state index in [0.29, 0.717) is 0 Å². The second kappa shape index (κ2) is 4.92. The molecule has 80 valence electrons. The molecule has 0 fully saturated rings. The van der Waals surface area contributed by atoms with E-state index in [4.69, 9.17) is 4.74 Å². The van der Waals surface area contributed by atoms with Gasteiger partial charge in [0.2, 0.25) is 0 Å². The van der Waals surface area contributed by atoms with Gasteiger partial charge in [-0.15, -0.1) is 0 Å². The average molecular weight is 287 g/mol. The predicted molar refractivity (Wildman–Crippen MR) is 66.1 cm³/mol. The summed E-state index contributed by atoms with van der Waals surface area (Å²) in [4.78, 5) is 4.22. The third kappa shape index (κ3) is 2.68. The quantitative estimate of drug-likeness (QED) is 0.927. The van der Waals surface area contributed by atoms with Crippen molar-refractivity contribution in [1.82, 2.24) is 4.98 Å². The number of hydrogen-bond donors (Lipinski definition) is 1. The number of rotatable bonds is 3. The molecule has 1 heterocycles. The van der Waals surface area contributed by atoms with Gasteiger partial charge in [-0.1, -0.05) is 23.5 Å². The van der Waals surface area contributed by atoms with Crippen LogP contribution in [0.5, 0.6) is 0 Å². The monoisotopic (exact) mass is 286 g/mol. The van der Waals surface area contributed by atoms with Crippen molar-refractivity contribution < 1.29 is 4.74 Å². The number of allylic oxidation sites excluding steroid dienone is 2. The number of thiazole rings is 1. The van der Waals surface area contributed by atoms with Gasteiger partial charge in [0.05, 0.1) is 9.98 Å². The third-order valence-electron chi connectivity index (χ3n) is 2.12. The molecule has 0 saturated heterocycles. The highest BCUT2D eigenvalue weighted by atomic mass is 79.9. The minimum absolute atomic E-state index is 0.109. The van der Waals surface area contributed by atoms with Crippen LogP contribution in [0, 0.1) is 0 Å². The lowest BCUT2D eigenvalue weighted by molar-refractivity contribution is 0.134. The summed E-state index contributed by atoms with van der Waals surface area (Å²) in [7, 11) is 1.72. The molecule has 1 unspecified atom stereocenters. The summed E-state index contributed by atoms with van der Waals surface area (Å²) in [5, 5.41) is 4.15. The minimum Gasteiger partial charge on any atom is -0.375 e. The van der Waals surface area contributed by atoms with Crippen molar-refractivity contribution in [1.29, 1.82) is 0 Å². The fourth-order valence-corrected chi connectivity index (χ4v) is 2.52. The van der Waals surface area contributed by atoms with E-state index in [1.165, 1.54) is 0 Å². The Kier molecular flexibility index (Phi) is 3.56. The molecule has 5 heteroatoms. The molecule has 3 nitrogen and oxygen atoms in total. The summed E-state index contributed by atoms with van der Waals surface area (Å²) in [6.45, 7) is 0. The van der Waals surface area contributed by atoms with Crippen LogP contribution in [0.1, 0.15) is 6.42 Å². The summed E-state index contributed by atoms with van der Waals surface area (Å²) >= 11 is 4.95. The van der Waals surface area contributed by atoms with Crippen LogP contribution in [0.25, 0.3) is 0 Å². The molecule has 0 spiro atoms. The van der Waals surface area contributed by atoms with Crippen LogP contribution in [0.3, 0.4) is 0 Å². The number of hydrogen-bond acceptors (Lipinski definition) is 4. The van der Waals surface area contributed by atoms with Crippen LogP contribution < -0.4 is 5.32 Å². The van der Waals surface area contributed by atoms with Crippen molar-refractivity contribution >= 4 is 32.4 Å². The van der Waals surface area contributed by atoms with Gasteiger partial charge in [-0.2, -0.15) is 0 Å². The van der Waals surface area contributed by atoms with Crippen molar-refractivity contribution in [3.8, 4) is 0 Å². The summed E-state index contributed by atoms with van der Waals surface area (Å²) in [6.07, 6.45) is 8.94. The van der Waals surface area contributed by atoms with Crippen molar-refractivity contribution in [3.05, 3.63) is 33.9 Å². The number of anilines is 1. The standard InChI is InChI=1S/C10H11BrN2OS/c1-14-8-5-3-2-4-7(8)13-10-12-6-9(11)15-10/h2-4,6,8H,5H2,1H3,(H,12,13). The fourth-order valence-electron chi connectivity index (χ4n) is 1.39. The predicted octanol–water partition coefficient (Wildman–Crippen LogP) is 3.18. The maximum atomic E-state index is 5.37. The van der Waals surface area contributed by atoms with E-state index in [-0.39, 0.29) is 6.10 Å². The van der Waals surface area contributed by atoms with E-state index < -0.39 is 0 Å². The van der Waals surface area contributed by atoms with E-state index in [1.807, 2.05) is 12.2 Å². The Morgan fingerprint density at radius 2 is 2.53 bits per heavy atom. The molecule has 1 aliphatic carbocycles. The third-order valence-corrected chi connectivity index (χ3v) is 3.51. The normalized spacial score (nSPS) is 20.1. The van der Waals surface area contributed by atoms with Gasteiger partial charge in [0, 0.05) is 12.8 Å². The highest BCUT2D eigenvalue weighted by Crippen LogP contribution is 2.26. The second-order valence-electron chi connectivity index (χ2n) is 3.10. The van der Waals surface area contributed by atoms with E-state index in [1.54, 1.807) is 24.6 Å². The molecule has 0 aliphatic heterocycles.